The maximum Gasteiger partial charge on any atom is 0.310 e. The van der Waals surface area contributed by atoms with Gasteiger partial charge in [-0.15, -0.1) is 6.58 Å². The summed E-state index contributed by atoms with van der Waals surface area (Å²) in [4.78, 5) is 10.3. The lowest BCUT2D eigenvalue weighted by atomic mass is 10.1. The smallest absolute Gasteiger partial charge is 0.310 e. The predicted molar refractivity (Wildman–Crippen MR) is 73.3 cm³/mol. The van der Waals surface area contributed by atoms with Crippen molar-refractivity contribution in [1.82, 2.24) is 0 Å². The van der Waals surface area contributed by atoms with Crippen molar-refractivity contribution in [2.24, 2.45) is 0 Å². The molecule has 0 fully saturated rings. The fraction of sp³-hybridized carbons (Fsp3) is 0.429. The lowest BCUT2D eigenvalue weighted by Crippen LogP contribution is -2.17. The molecule has 1 rings (SSSR count). The molecule has 0 bridgehead atoms. The van der Waals surface area contributed by atoms with E-state index in [1.54, 1.807) is 12.1 Å². The molecule has 0 aromatic heterocycles. The quantitative estimate of drug-likeness (QED) is 0.322. The zero-order valence-corrected chi connectivity index (χ0v) is 10.8. The second-order valence-corrected chi connectivity index (χ2v) is 4.26. The number of hydrogen-bond acceptors (Lipinski definition) is 4. The Morgan fingerprint density at radius 3 is 2.84 bits per heavy atom. The van der Waals surface area contributed by atoms with Gasteiger partial charge < -0.3 is 9.84 Å². The van der Waals surface area contributed by atoms with Gasteiger partial charge in [0.1, 0.15) is 6.61 Å². The van der Waals surface area contributed by atoms with Crippen LogP contribution in [0.5, 0.6) is 5.75 Å². The minimum atomic E-state index is -0.607. The Kier molecular flexibility index (Phi) is 6.60. The standard InChI is InChI=1S/C14H19NO4/c1-2-3-4-5-8-12(16)11-19-14-10-7-6-9-13(14)15(17)18/h2,6-7,9-10,12,16H,1,3-5,8,11H2. The first-order valence-corrected chi connectivity index (χ1v) is 6.30. The lowest BCUT2D eigenvalue weighted by molar-refractivity contribution is -0.385. The normalized spacial score (nSPS) is 11.8. The number of aliphatic hydroxyl groups is 1. The average Bonchev–Trinajstić information content (AvgIpc) is 2.41. The van der Waals surface area contributed by atoms with Crippen molar-refractivity contribution >= 4 is 5.69 Å². The van der Waals surface area contributed by atoms with Gasteiger partial charge in [0.2, 0.25) is 0 Å². The van der Waals surface area contributed by atoms with Gasteiger partial charge in [0.25, 0.3) is 0 Å². The van der Waals surface area contributed by atoms with Crippen molar-refractivity contribution in [3.8, 4) is 5.75 Å². The van der Waals surface area contributed by atoms with E-state index in [1.165, 1.54) is 12.1 Å². The summed E-state index contributed by atoms with van der Waals surface area (Å²) in [6.07, 6.45) is 4.65. The molecule has 0 heterocycles. The molecule has 0 aliphatic heterocycles. The molecule has 19 heavy (non-hydrogen) atoms. The summed E-state index contributed by atoms with van der Waals surface area (Å²) in [6, 6.07) is 6.16. The molecule has 104 valence electrons. The molecule has 0 spiro atoms. The third kappa shape index (κ3) is 5.52. The summed E-state index contributed by atoms with van der Waals surface area (Å²) < 4.78 is 5.31. The number of nitrogens with zero attached hydrogens (tertiary/aromatic N) is 1. The van der Waals surface area contributed by atoms with Crippen LogP contribution in [0.4, 0.5) is 5.69 Å². The monoisotopic (exact) mass is 265 g/mol. The first-order valence-electron chi connectivity index (χ1n) is 6.30. The van der Waals surface area contributed by atoms with Gasteiger partial charge in [0.05, 0.1) is 11.0 Å². The van der Waals surface area contributed by atoms with Gasteiger partial charge >= 0.3 is 5.69 Å². The van der Waals surface area contributed by atoms with E-state index in [2.05, 4.69) is 6.58 Å². The summed E-state index contributed by atoms with van der Waals surface area (Å²) in [5.41, 5.74) is -0.0821. The summed E-state index contributed by atoms with van der Waals surface area (Å²) in [5, 5.41) is 20.5. The summed E-state index contributed by atoms with van der Waals surface area (Å²) in [5.74, 6) is 0.192. The Hall–Kier alpha value is -1.88. The molecule has 0 aliphatic rings. The number of aliphatic hydroxyl groups excluding tert-OH is 1. The van der Waals surface area contributed by atoms with E-state index in [1.807, 2.05) is 6.08 Å². The molecule has 1 N–H and O–H groups in total. The first kappa shape index (κ1) is 15.2. The molecule has 0 saturated heterocycles. The Labute approximate surface area is 112 Å². The Bertz CT molecular complexity index is 420. The van der Waals surface area contributed by atoms with Crippen molar-refractivity contribution in [3.63, 3.8) is 0 Å². The van der Waals surface area contributed by atoms with Crippen molar-refractivity contribution < 1.29 is 14.8 Å². The first-order chi connectivity index (χ1) is 9.15. The second kappa shape index (κ2) is 8.26. The largest absolute Gasteiger partial charge is 0.484 e. The van der Waals surface area contributed by atoms with Crippen LogP contribution in [0.3, 0.4) is 0 Å². The van der Waals surface area contributed by atoms with Crippen molar-refractivity contribution in [2.75, 3.05) is 6.61 Å². The molecular formula is C14H19NO4. The number of para-hydroxylation sites is 2. The molecule has 1 unspecified atom stereocenters. The third-order valence-corrected chi connectivity index (χ3v) is 2.69. The van der Waals surface area contributed by atoms with Gasteiger partial charge in [-0.2, -0.15) is 0 Å². The number of ether oxygens (including phenoxy) is 1. The third-order valence-electron chi connectivity index (χ3n) is 2.69. The predicted octanol–water partition coefficient (Wildman–Crippen LogP) is 3.08. The number of hydrogen-bond donors (Lipinski definition) is 1. The topological polar surface area (TPSA) is 72.6 Å². The van der Waals surface area contributed by atoms with Crippen LogP contribution >= 0.6 is 0 Å². The highest BCUT2D eigenvalue weighted by Gasteiger charge is 2.14. The van der Waals surface area contributed by atoms with E-state index in [9.17, 15) is 15.2 Å². The molecule has 5 nitrogen and oxygen atoms in total. The zero-order chi connectivity index (χ0) is 14.1. The van der Waals surface area contributed by atoms with Crippen molar-refractivity contribution in [3.05, 3.63) is 47.0 Å². The molecule has 0 amide bonds. The van der Waals surface area contributed by atoms with Gasteiger partial charge in [-0.1, -0.05) is 24.6 Å². The molecule has 5 heteroatoms. The maximum atomic E-state index is 10.8. The number of allylic oxidation sites excluding steroid dienone is 1. The molecule has 0 radical (unpaired) electrons. The highest BCUT2D eigenvalue weighted by molar-refractivity contribution is 5.45. The number of unbranched alkanes of at least 4 members (excludes halogenated alkanes) is 2. The van der Waals surface area contributed by atoms with E-state index in [0.29, 0.717) is 6.42 Å². The molecule has 0 aliphatic carbocycles. The summed E-state index contributed by atoms with van der Waals surface area (Å²) in [6.45, 7) is 3.70. The Morgan fingerprint density at radius 1 is 1.42 bits per heavy atom. The molecule has 1 atom stereocenters. The molecular weight excluding hydrogens is 246 g/mol. The SMILES string of the molecule is C=CCCCCC(O)COc1ccccc1[N+](=O)[O-]. The number of rotatable bonds is 9. The van der Waals surface area contributed by atoms with E-state index in [0.717, 1.165) is 19.3 Å². The fourth-order valence-corrected chi connectivity index (χ4v) is 1.67. The highest BCUT2D eigenvalue weighted by Crippen LogP contribution is 2.25. The van der Waals surface area contributed by atoms with Crippen LogP contribution in [0.15, 0.2) is 36.9 Å². The van der Waals surface area contributed by atoms with E-state index < -0.39 is 11.0 Å². The summed E-state index contributed by atoms with van der Waals surface area (Å²) in [7, 11) is 0. The van der Waals surface area contributed by atoms with Gasteiger partial charge in [-0.05, 0) is 25.3 Å². The highest BCUT2D eigenvalue weighted by atomic mass is 16.6. The van der Waals surface area contributed by atoms with E-state index >= 15 is 0 Å². The van der Waals surface area contributed by atoms with Gasteiger partial charge in [0, 0.05) is 6.07 Å². The second-order valence-electron chi connectivity index (χ2n) is 4.26. The Morgan fingerprint density at radius 2 is 2.16 bits per heavy atom. The summed E-state index contributed by atoms with van der Waals surface area (Å²) >= 11 is 0. The van der Waals surface area contributed by atoms with Crippen LogP contribution in [-0.4, -0.2) is 22.7 Å². The maximum absolute atomic E-state index is 10.8. The number of nitro groups is 1. The average molecular weight is 265 g/mol. The minimum absolute atomic E-state index is 0.0684. The van der Waals surface area contributed by atoms with Crippen LogP contribution in [-0.2, 0) is 0 Å². The number of nitro benzene ring substituents is 1. The zero-order valence-electron chi connectivity index (χ0n) is 10.8. The number of benzene rings is 1. The Balaban J connectivity index is 2.39. The molecule has 1 aromatic carbocycles. The fourth-order valence-electron chi connectivity index (χ4n) is 1.67. The van der Waals surface area contributed by atoms with Crippen molar-refractivity contribution in [2.45, 2.75) is 31.8 Å². The van der Waals surface area contributed by atoms with Crippen LogP contribution in [0.1, 0.15) is 25.7 Å². The molecule has 1 aromatic rings. The van der Waals surface area contributed by atoms with E-state index in [4.69, 9.17) is 4.74 Å². The van der Waals surface area contributed by atoms with Crippen LogP contribution in [0.25, 0.3) is 0 Å². The van der Waals surface area contributed by atoms with Crippen molar-refractivity contribution in [1.29, 1.82) is 0 Å². The lowest BCUT2D eigenvalue weighted by Gasteiger charge is -2.12. The minimum Gasteiger partial charge on any atom is -0.484 e. The van der Waals surface area contributed by atoms with Gasteiger partial charge in [-0.25, -0.2) is 0 Å². The van der Waals surface area contributed by atoms with Crippen LogP contribution in [0, 0.1) is 10.1 Å². The van der Waals surface area contributed by atoms with Crippen LogP contribution < -0.4 is 4.74 Å². The van der Waals surface area contributed by atoms with Gasteiger partial charge in [0.15, 0.2) is 5.75 Å². The van der Waals surface area contributed by atoms with E-state index in [-0.39, 0.29) is 18.0 Å². The van der Waals surface area contributed by atoms with Gasteiger partial charge in [-0.3, -0.25) is 10.1 Å². The molecule has 0 saturated carbocycles. The van der Waals surface area contributed by atoms with Crippen LogP contribution in [0.2, 0.25) is 0 Å².